The van der Waals surface area contributed by atoms with Crippen LogP contribution in [0.4, 0.5) is 0 Å². The lowest BCUT2D eigenvalue weighted by atomic mass is 10.2. The van der Waals surface area contributed by atoms with Crippen molar-refractivity contribution in [3.05, 3.63) is 70.5 Å². The number of carbonyl (C=O) groups excluding carboxylic acids is 1. The Balaban J connectivity index is 1.74. The summed E-state index contributed by atoms with van der Waals surface area (Å²) in [6.45, 7) is 1.88. The van der Waals surface area contributed by atoms with Gasteiger partial charge >= 0.3 is 5.97 Å². The highest BCUT2D eigenvalue weighted by Gasteiger charge is 2.19. The average molecular weight is 358 g/mol. The molecule has 0 aliphatic heterocycles. The molecule has 0 N–H and O–H groups in total. The zero-order valence-corrected chi connectivity index (χ0v) is 14.5. The SMILES string of the molecule is COc1cccc(COC(=O)c2nnn(-c3cccc(Cl)c3)c2C)c1. The van der Waals surface area contributed by atoms with E-state index < -0.39 is 5.97 Å². The van der Waals surface area contributed by atoms with Crippen LogP contribution in [0.15, 0.2) is 48.5 Å². The van der Waals surface area contributed by atoms with Gasteiger partial charge in [0.1, 0.15) is 12.4 Å². The molecule has 0 fully saturated rings. The summed E-state index contributed by atoms with van der Waals surface area (Å²) in [7, 11) is 1.59. The lowest BCUT2D eigenvalue weighted by Crippen LogP contribution is -2.08. The number of benzene rings is 2. The Kier molecular flexibility index (Phi) is 5.00. The maximum absolute atomic E-state index is 12.3. The summed E-state index contributed by atoms with van der Waals surface area (Å²) in [6.07, 6.45) is 0. The van der Waals surface area contributed by atoms with Gasteiger partial charge in [0.25, 0.3) is 0 Å². The molecule has 0 radical (unpaired) electrons. The lowest BCUT2D eigenvalue weighted by Gasteiger charge is -2.06. The van der Waals surface area contributed by atoms with Crippen LogP contribution in [-0.4, -0.2) is 28.1 Å². The molecular formula is C18H16ClN3O3. The molecule has 2 aromatic carbocycles. The van der Waals surface area contributed by atoms with Crippen molar-refractivity contribution in [2.45, 2.75) is 13.5 Å². The summed E-state index contributed by atoms with van der Waals surface area (Å²) in [5.74, 6) is 0.172. The van der Waals surface area contributed by atoms with Crippen molar-refractivity contribution in [1.29, 1.82) is 0 Å². The van der Waals surface area contributed by atoms with E-state index in [1.807, 2.05) is 30.3 Å². The van der Waals surface area contributed by atoms with Crippen molar-refractivity contribution in [3.8, 4) is 11.4 Å². The first kappa shape index (κ1) is 17.0. The number of hydrogen-bond donors (Lipinski definition) is 0. The van der Waals surface area contributed by atoms with Gasteiger partial charge in [-0.2, -0.15) is 0 Å². The van der Waals surface area contributed by atoms with E-state index in [1.165, 1.54) is 0 Å². The largest absolute Gasteiger partial charge is 0.497 e. The van der Waals surface area contributed by atoms with Gasteiger partial charge in [0.05, 0.1) is 18.5 Å². The van der Waals surface area contributed by atoms with Gasteiger partial charge in [-0.3, -0.25) is 0 Å². The van der Waals surface area contributed by atoms with Gasteiger partial charge in [0, 0.05) is 5.02 Å². The predicted molar refractivity (Wildman–Crippen MR) is 93.2 cm³/mol. The predicted octanol–water partition coefficient (Wildman–Crippen LogP) is 3.59. The fourth-order valence-electron chi connectivity index (χ4n) is 2.35. The van der Waals surface area contributed by atoms with Crippen LogP contribution < -0.4 is 4.74 Å². The van der Waals surface area contributed by atoms with Gasteiger partial charge in [-0.05, 0) is 42.8 Å². The maximum Gasteiger partial charge on any atom is 0.361 e. The molecular weight excluding hydrogens is 342 g/mol. The Morgan fingerprint density at radius 1 is 1.20 bits per heavy atom. The van der Waals surface area contributed by atoms with Gasteiger partial charge in [-0.25, -0.2) is 9.48 Å². The van der Waals surface area contributed by atoms with Crippen LogP contribution >= 0.6 is 11.6 Å². The third-order valence-corrected chi connectivity index (χ3v) is 3.88. The Bertz CT molecular complexity index is 908. The van der Waals surface area contributed by atoms with E-state index in [2.05, 4.69) is 10.3 Å². The second-order valence-electron chi connectivity index (χ2n) is 5.34. The van der Waals surface area contributed by atoms with Gasteiger partial charge in [0.15, 0.2) is 5.69 Å². The Morgan fingerprint density at radius 3 is 2.76 bits per heavy atom. The lowest BCUT2D eigenvalue weighted by molar-refractivity contribution is 0.0464. The Labute approximate surface area is 149 Å². The summed E-state index contributed by atoms with van der Waals surface area (Å²) in [4.78, 5) is 12.3. The number of hydrogen-bond acceptors (Lipinski definition) is 5. The third kappa shape index (κ3) is 3.80. The van der Waals surface area contributed by atoms with Crippen LogP contribution in [0.2, 0.25) is 5.02 Å². The minimum Gasteiger partial charge on any atom is -0.497 e. The highest BCUT2D eigenvalue weighted by molar-refractivity contribution is 6.30. The molecule has 3 aromatic rings. The molecule has 25 heavy (non-hydrogen) atoms. The van der Waals surface area contributed by atoms with Gasteiger partial charge in [-0.15, -0.1) is 5.10 Å². The van der Waals surface area contributed by atoms with Crippen molar-refractivity contribution in [3.63, 3.8) is 0 Å². The topological polar surface area (TPSA) is 66.2 Å². The number of carbonyl (C=O) groups is 1. The van der Waals surface area contributed by atoms with Crippen LogP contribution in [0.1, 0.15) is 21.7 Å². The molecule has 7 heteroatoms. The minimum atomic E-state index is -0.534. The van der Waals surface area contributed by atoms with Gasteiger partial charge < -0.3 is 9.47 Å². The molecule has 0 amide bonds. The summed E-state index contributed by atoms with van der Waals surface area (Å²) in [6, 6.07) is 14.5. The third-order valence-electron chi connectivity index (χ3n) is 3.64. The smallest absolute Gasteiger partial charge is 0.361 e. The molecule has 0 aliphatic carbocycles. The van der Waals surface area contributed by atoms with Crippen molar-refractivity contribution in [1.82, 2.24) is 15.0 Å². The second-order valence-corrected chi connectivity index (χ2v) is 5.78. The number of nitrogens with zero attached hydrogens (tertiary/aromatic N) is 3. The molecule has 6 nitrogen and oxygen atoms in total. The van der Waals surface area contributed by atoms with E-state index in [0.29, 0.717) is 16.5 Å². The zero-order chi connectivity index (χ0) is 17.8. The molecule has 0 aliphatic rings. The first-order valence-corrected chi connectivity index (χ1v) is 7.94. The molecule has 1 heterocycles. The fraction of sp³-hybridized carbons (Fsp3) is 0.167. The van der Waals surface area contributed by atoms with Gasteiger partial charge in [-0.1, -0.05) is 35.0 Å². The van der Waals surface area contributed by atoms with Crippen LogP contribution in [-0.2, 0) is 11.3 Å². The summed E-state index contributed by atoms with van der Waals surface area (Å²) < 4.78 is 12.0. The highest BCUT2D eigenvalue weighted by Crippen LogP contribution is 2.18. The molecule has 1 aromatic heterocycles. The van der Waals surface area contributed by atoms with E-state index in [0.717, 1.165) is 11.3 Å². The highest BCUT2D eigenvalue weighted by atomic mass is 35.5. The summed E-state index contributed by atoms with van der Waals surface area (Å²) >= 11 is 6.00. The van der Waals surface area contributed by atoms with Crippen molar-refractivity contribution in [2.24, 2.45) is 0 Å². The van der Waals surface area contributed by atoms with E-state index >= 15 is 0 Å². The summed E-state index contributed by atoms with van der Waals surface area (Å²) in [5, 5.41) is 8.53. The van der Waals surface area contributed by atoms with Crippen LogP contribution in [0, 0.1) is 6.92 Å². The molecule has 128 valence electrons. The Hall–Kier alpha value is -2.86. The van der Waals surface area contributed by atoms with Crippen LogP contribution in [0.5, 0.6) is 5.75 Å². The quantitative estimate of drug-likeness (QED) is 0.653. The number of esters is 1. The average Bonchev–Trinajstić information content (AvgIpc) is 3.01. The van der Waals surface area contributed by atoms with E-state index in [9.17, 15) is 4.79 Å². The van der Waals surface area contributed by atoms with Crippen molar-refractivity contribution in [2.75, 3.05) is 7.11 Å². The zero-order valence-electron chi connectivity index (χ0n) is 13.8. The van der Waals surface area contributed by atoms with Gasteiger partial charge in [0.2, 0.25) is 0 Å². The van der Waals surface area contributed by atoms with Crippen molar-refractivity contribution >= 4 is 17.6 Å². The maximum atomic E-state index is 12.3. The number of rotatable bonds is 5. The first-order chi connectivity index (χ1) is 12.1. The fourth-order valence-corrected chi connectivity index (χ4v) is 2.53. The molecule has 0 unspecified atom stereocenters. The van der Waals surface area contributed by atoms with E-state index in [4.69, 9.17) is 21.1 Å². The van der Waals surface area contributed by atoms with E-state index in [1.54, 1.807) is 36.9 Å². The number of halogens is 1. The Morgan fingerprint density at radius 2 is 2.00 bits per heavy atom. The standard InChI is InChI=1S/C18H16ClN3O3/c1-12-17(20-21-22(12)15-7-4-6-14(19)10-15)18(23)25-11-13-5-3-8-16(9-13)24-2/h3-10H,11H2,1-2H3. The van der Waals surface area contributed by atoms with Crippen LogP contribution in [0.25, 0.3) is 5.69 Å². The number of methoxy groups -OCH3 is 1. The first-order valence-electron chi connectivity index (χ1n) is 7.57. The molecule has 0 spiro atoms. The molecule has 0 atom stereocenters. The summed E-state index contributed by atoms with van der Waals surface area (Å²) in [5.41, 5.74) is 2.30. The second kappa shape index (κ2) is 7.36. The number of aromatic nitrogens is 3. The molecule has 0 bridgehead atoms. The van der Waals surface area contributed by atoms with Crippen molar-refractivity contribution < 1.29 is 14.3 Å². The normalized spacial score (nSPS) is 10.5. The van der Waals surface area contributed by atoms with E-state index in [-0.39, 0.29) is 12.3 Å². The number of ether oxygens (including phenoxy) is 2. The molecule has 0 saturated heterocycles. The monoisotopic (exact) mass is 357 g/mol. The van der Waals surface area contributed by atoms with Crippen LogP contribution in [0.3, 0.4) is 0 Å². The molecule has 0 saturated carbocycles. The molecule has 3 rings (SSSR count). The minimum absolute atomic E-state index is 0.125.